The molecule has 0 unspecified atom stereocenters. The number of carbonyl (C=O) groups excluding carboxylic acids is 2. The molecule has 1 saturated carbocycles. The maximum Gasteiger partial charge on any atom is 0.407 e. The number of rotatable bonds is 5. The largest absolute Gasteiger partial charge is 0.444 e. The van der Waals surface area contributed by atoms with Crippen LogP contribution in [0, 0.1) is 0 Å². The minimum Gasteiger partial charge on any atom is -0.444 e. The van der Waals surface area contributed by atoms with E-state index in [0.717, 1.165) is 36.9 Å². The predicted octanol–water partition coefficient (Wildman–Crippen LogP) is 3.58. The maximum atomic E-state index is 12.9. The lowest BCUT2D eigenvalue weighted by molar-refractivity contribution is 0.0488. The van der Waals surface area contributed by atoms with Crippen LogP contribution < -0.4 is 10.6 Å². The van der Waals surface area contributed by atoms with Gasteiger partial charge >= 0.3 is 6.09 Å². The number of alkyl carbamates (subject to hydrolysis) is 1. The average Bonchev–Trinajstić information content (AvgIpc) is 3.03. The first-order valence-corrected chi connectivity index (χ1v) is 10.6. The summed E-state index contributed by atoms with van der Waals surface area (Å²) in [6.45, 7) is 5.55. The van der Waals surface area contributed by atoms with Crippen LogP contribution in [0.2, 0.25) is 0 Å². The third kappa shape index (κ3) is 6.08. The van der Waals surface area contributed by atoms with Crippen molar-refractivity contribution in [1.29, 1.82) is 0 Å². The molecule has 162 valence electrons. The van der Waals surface area contributed by atoms with E-state index in [9.17, 15) is 9.59 Å². The van der Waals surface area contributed by atoms with Gasteiger partial charge in [-0.3, -0.25) is 9.48 Å². The normalized spacial score (nSPS) is 19.2. The minimum atomic E-state index is -0.504. The lowest BCUT2D eigenvalue weighted by atomic mass is 9.91. The first kappa shape index (κ1) is 21.9. The number of amides is 2. The van der Waals surface area contributed by atoms with Gasteiger partial charge in [-0.15, -0.1) is 0 Å². The Bertz CT molecular complexity index is 862. The summed E-state index contributed by atoms with van der Waals surface area (Å²) in [5.41, 5.74) is 2.16. The molecule has 7 heteroatoms. The van der Waals surface area contributed by atoms with Gasteiger partial charge in [0.2, 0.25) is 0 Å². The zero-order chi connectivity index (χ0) is 21.7. The maximum absolute atomic E-state index is 12.9. The number of benzene rings is 1. The van der Waals surface area contributed by atoms with Crippen molar-refractivity contribution in [3.8, 4) is 0 Å². The molecule has 1 aromatic heterocycles. The molecule has 1 heterocycles. The topological polar surface area (TPSA) is 85.3 Å². The summed E-state index contributed by atoms with van der Waals surface area (Å²) in [6.07, 6.45) is 5.19. The van der Waals surface area contributed by atoms with Crippen molar-refractivity contribution in [1.82, 2.24) is 20.4 Å². The van der Waals surface area contributed by atoms with E-state index < -0.39 is 5.60 Å². The van der Waals surface area contributed by atoms with Crippen molar-refractivity contribution in [3.63, 3.8) is 0 Å². The van der Waals surface area contributed by atoms with E-state index in [1.54, 1.807) is 10.9 Å². The number of ether oxygens (including phenoxy) is 1. The summed E-state index contributed by atoms with van der Waals surface area (Å²) in [5.74, 6) is -0.0856. The van der Waals surface area contributed by atoms with Gasteiger partial charge in [0, 0.05) is 25.6 Å². The fraction of sp³-hybridized carbons (Fsp3) is 0.522. The van der Waals surface area contributed by atoms with Gasteiger partial charge in [-0.1, -0.05) is 30.3 Å². The van der Waals surface area contributed by atoms with Gasteiger partial charge in [-0.2, -0.15) is 5.10 Å². The van der Waals surface area contributed by atoms with Gasteiger partial charge in [0.05, 0.1) is 17.5 Å². The number of carbonyl (C=O) groups is 2. The zero-order valence-electron chi connectivity index (χ0n) is 18.3. The highest BCUT2D eigenvalue weighted by Gasteiger charge is 2.26. The molecule has 0 aliphatic heterocycles. The number of aryl methyl sites for hydroxylation is 1. The van der Waals surface area contributed by atoms with Crippen LogP contribution in [-0.4, -0.2) is 39.5 Å². The summed E-state index contributed by atoms with van der Waals surface area (Å²) >= 11 is 0. The Balaban J connectivity index is 1.52. The number of nitrogens with one attached hydrogen (secondary N) is 2. The van der Waals surface area contributed by atoms with Gasteiger partial charge in [0.1, 0.15) is 5.60 Å². The average molecular weight is 413 g/mol. The quantitative estimate of drug-likeness (QED) is 0.786. The van der Waals surface area contributed by atoms with Crippen molar-refractivity contribution >= 4 is 12.0 Å². The molecule has 1 fully saturated rings. The summed E-state index contributed by atoms with van der Waals surface area (Å²) in [7, 11) is 1.86. The summed E-state index contributed by atoms with van der Waals surface area (Å²) < 4.78 is 7.09. The standard InChI is InChI=1S/C23H32N4O3/c1-23(2,3)30-22(29)26-18-12-10-17(11-13-18)25-21(28)19-15-24-27(4)20(19)14-16-8-6-5-7-9-16/h5-9,15,17-18H,10-14H2,1-4H3,(H,25,28)(H,26,29). The van der Waals surface area contributed by atoms with E-state index >= 15 is 0 Å². The Kier molecular flexibility index (Phi) is 6.80. The van der Waals surface area contributed by atoms with Gasteiger partial charge in [-0.25, -0.2) is 4.79 Å². The minimum absolute atomic E-state index is 0.0834. The van der Waals surface area contributed by atoms with Crippen LogP contribution in [0.15, 0.2) is 36.5 Å². The van der Waals surface area contributed by atoms with Gasteiger partial charge in [-0.05, 0) is 52.0 Å². The van der Waals surface area contributed by atoms with Crippen LogP contribution in [0.25, 0.3) is 0 Å². The van der Waals surface area contributed by atoms with E-state index in [1.165, 1.54) is 0 Å². The molecule has 2 amide bonds. The smallest absolute Gasteiger partial charge is 0.407 e. The van der Waals surface area contributed by atoms with Gasteiger partial charge < -0.3 is 15.4 Å². The molecule has 1 aliphatic carbocycles. The molecule has 2 N–H and O–H groups in total. The van der Waals surface area contributed by atoms with E-state index in [-0.39, 0.29) is 24.1 Å². The Morgan fingerprint density at radius 3 is 2.27 bits per heavy atom. The molecule has 0 saturated heterocycles. The zero-order valence-corrected chi connectivity index (χ0v) is 18.3. The third-order valence-electron chi connectivity index (χ3n) is 5.30. The Labute approximate surface area is 178 Å². The second kappa shape index (κ2) is 9.32. The lowest BCUT2D eigenvalue weighted by Crippen LogP contribution is -2.45. The lowest BCUT2D eigenvalue weighted by Gasteiger charge is -2.30. The molecule has 7 nitrogen and oxygen atoms in total. The van der Waals surface area contributed by atoms with Crippen LogP contribution >= 0.6 is 0 Å². The van der Waals surface area contributed by atoms with E-state index in [1.807, 2.05) is 58.2 Å². The first-order valence-electron chi connectivity index (χ1n) is 10.6. The Morgan fingerprint density at radius 1 is 1.07 bits per heavy atom. The van der Waals surface area contributed by atoms with Crippen LogP contribution in [0.5, 0.6) is 0 Å². The van der Waals surface area contributed by atoms with Crippen LogP contribution in [0.1, 0.15) is 68.1 Å². The summed E-state index contributed by atoms with van der Waals surface area (Å²) in [4.78, 5) is 24.8. The molecule has 2 aromatic rings. The number of aromatic nitrogens is 2. The van der Waals surface area contributed by atoms with Crippen LogP contribution in [-0.2, 0) is 18.2 Å². The Hall–Kier alpha value is -2.83. The molecule has 3 rings (SSSR count). The number of hydrogen-bond acceptors (Lipinski definition) is 4. The molecular formula is C23H32N4O3. The SMILES string of the molecule is Cn1ncc(C(=O)NC2CCC(NC(=O)OC(C)(C)C)CC2)c1Cc1ccccc1. The second-order valence-corrected chi connectivity index (χ2v) is 8.96. The van der Waals surface area contributed by atoms with Crippen molar-refractivity contribution in [2.75, 3.05) is 0 Å². The molecule has 0 atom stereocenters. The molecule has 1 aliphatic rings. The molecular weight excluding hydrogens is 380 g/mol. The molecule has 0 bridgehead atoms. The Morgan fingerprint density at radius 2 is 1.67 bits per heavy atom. The van der Waals surface area contributed by atoms with Gasteiger partial charge in [0.15, 0.2) is 0 Å². The van der Waals surface area contributed by atoms with Crippen molar-refractivity contribution in [2.24, 2.45) is 7.05 Å². The number of hydrogen-bond donors (Lipinski definition) is 2. The number of nitrogens with zero attached hydrogens (tertiary/aromatic N) is 2. The highest BCUT2D eigenvalue weighted by atomic mass is 16.6. The molecule has 0 radical (unpaired) electrons. The monoisotopic (exact) mass is 412 g/mol. The predicted molar refractivity (Wildman–Crippen MR) is 115 cm³/mol. The van der Waals surface area contributed by atoms with Crippen LogP contribution in [0.4, 0.5) is 4.79 Å². The molecule has 30 heavy (non-hydrogen) atoms. The molecule has 0 spiro atoms. The summed E-state index contributed by atoms with van der Waals surface area (Å²) in [5, 5.41) is 10.4. The van der Waals surface area contributed by atoms with E-state index in [4.69, 9.17) is 4.74 Å². The van der Waals surface area contributed by atoms with Crippen molar-refractivity contribution in [3.05, 3.63) is 53.3 Å². The van der Waals surface area contributed by atoms with Gasteiger partial charge in [0.25, 0.3) is 5.91 Å². The second-order valence-electron chi connectivity index (χ2n) is 8.96. The highest BCUT2D eigenvalue weighted by molar-refractivity contribution is 5.95. The van der Waals surface area contributed by atoms with Crippen molar-refractivity contribution < 1.29 is 14.3 Å². The van der Waals surface area contributed by atoms with E-state index in [2.05, 4.69) is 15.7 Å². The highest BCUT2D eigenvalue weighted by Crippen LogP contribution is 2.21. The van der Waals surface area contributed by atoms with Crippen molar-refractivity contribution in [2.45, 2.75) is 70.6 Å². The summed E-state index contributed by atoms with van der Waals surface area (Å²) in [6, 6.07) is 10.2. The van der Waals surface area contributed by atoms with E-state index in [0.29, 0.717) is 12.0 Å². The fourth-order valence-electron chi connectivity index (χ4n) is 3.77. The fourth-order valence-corrected chi connectivity index (χ4v) is 3.77. The first-order chi connectivity index (χ1) is 14.2. The van der Waals surface area contributed by atoms with Crippen LogP contribution in [0.3, 0.4) is 0 Å². The molecule has 1 aromatic carbocycles. The third-order valence-corrected chi connectivity index (χ3v) is 5.30.